The van der Waals surface area contributed by atoms with Gasteiger partial charge in [-0.1, -0.05) is 0 Å². The molecule has 0 spiro atoms. The van der Waals surface area contributed by atoms with Crippen molar-refractivity contribution < 1.29 is 14.8 Å². The molecule has 0 aromatic carbocycles. The van der Waals surface area contributed by atoms with Crippen LogP contribution < -0.4 is 10.3 Å². The number of pyridine rings is 1. The zero-order valence-electron chi connectivity index (χ0n) is 6.98. The van der Waals surface area contributed by atoms with Crippen LogP contribution in [0.15, 0.2) is 12.3 Å². The van der Waals surface area contributed by atoms with Gasteiger partial charge < -0.3 is 14.8 Å². The Morgan fingerprint density at radius 1 is 1.50 bits per heavy atom. The summed E-state index contributed by atoms with van der Waals surface area (Å²) in [4.78, 5) is 3.82. The number of hydrogen-bond acceptors (Lipinski definition) is 4. The molecule has 0 aliphatic heterocycles. The summed E-state index contributed by atoms with van der Waals surface area (Å²) in [7, 11) is -0.122. The van der Waals surface area contributed by atoms with Crippen molar-refractivity contribution in [2.75, 3.05) is 7.11 Å². The molecule has 0 aliphatic rings. The van der Waals surface area contributed by atoms with Crippen LogP contribution >= 0.6 is 0 Å². The third kappa shape index (κ3) is 1.75. The van der Waals surface area contributed by atoms with Gasteiger partial charge >= 0.3 is 7.12 Å². The number of aryl methyl sites for hydroxylation is 1. The van der Waals surface area contributed by atoms with Crippen LogP contribution in [0, 0.1) is 6.92 Å². The number of nitrogens with zero attached hydrogens (tertiary/aromatic N) is 1. The molecule has 1 heterocycles. The lowest BCUT2D eigenvalue weighted by molar-refractivity contribution is 0.400. The van der Waals surface area contributed by atoms with E-state index in [2.05, 4.69) is 4.98 Å². The molecule has 64 valence electrons. The summed E-state index contributed by atoms with van der Waals surface area (Å²) in [5, 5.41) is 17.7. The summed E-state index contributed by atoms with van der Waals surface area (Å²) in [5.41, 5.74) is 1.05. The molecule has 5 heteroatoms. The molecular weight excluding hydrogens is 157 g/mol. The van der Waals surface area contributed by atoms with E-state index in [1.807, 2.05) is 6.92 Å². The molecule has 0 bridgehead atoms. The molecule has 0 radical (unpaired) electrons. The fraction of sp³-hybridized carbons (Fsp3) is 0.286. The van der Waals surface area contributed by atoms with Gasteiger partial charge in [-0.2, -0.15) is 0 Å². The quantitative estimate of drug-likeness (QED) is 0.559. The van der Waals surface area contributed by atoms with Crippen molar-refractivity contribution in [2.24, 2.45) is 0 Å². The predicted octanol–water partition coefficient (Wildman–Crippen LogP) is -0.922. The van der Waals surface area contributed by atoms with Crippen LogP contribution in [0.3, 0.4) is 0 Å². The average Bonchev–Trinajstić information content (AvgIpc) is 2.03. The Kier molecular flexibility index (Phi) is 2.67. The molecule has 0 unspecified atom stereocenters. The lowest BCUT2D eigenvalue weighted by atomic mass is 9.84. The summed E-state index contributed by atoms with van der Waals surface area (Å²) >= 11 is 0. The molecule has 1 aromatic rings. The van der Waals surface area contributed by atoms with Crippen molar-refractivity contribution in [3.05, 3.63) is 17.8 Å². The van der Waals surface area contributed by atoms with Crippen molar-refractivity contribution in [3.8, 4) is 5.75 Å². The second-order valence-electron chi connectivity index (χ2n) is 2.47. The van der Waals surface area contributed by atoms with E-state index in [0.717, 1.165) is 5.56 Å². The minimum Gasteiger partial charge on any atom is -0.496 e. The summed E-state index contributed by atoms with van der Waals surface area (Å²) in [6.07, 6.45) is 1.55. The fourth-order valence-electron chi connectivity index (χ4n) is 0.910. The van der Waals surface area contributed by atoms with E-state index >= 15 is 0 Å². The Bertz CT molecular complexity index is 277. The molecule has 4 nitrogen and oxygen atoms in total. The second-order valence-corrected chi connectivity index (χ2v) is 2.47. The van der Waals surface area contributed by atoms with E-state index in [4.69, 9.17) is 14.8 Å². The summed E-state index contributed by atoms with van der Waals surface area (Å²) in [6.45, 7) is 1.85. The zero-order valence-corrected chi connectivity index (χ0v) is 6.98. The van der Waals surface area contributed by atoms with Crippen molar-refractivity contribution >= 4 is 12.7 Å². The first-order valence-electron chi connectivity index (χ1n) is 3.52. The molecule has 1 rings (SSSR count). The van der Waals surface area contributed by atoms with E-state index in [1.54, 1.807) is 12.3 Å². The Labute approximate surface area is 71.0 Å². The van der Waals surface area contributed by atoms with Crippen LogP contribution in [-0.4, -0.2) is 29.3 Å². The van der Waals surface area contributed by atoms with Gasteiger partial charge in [0.15, 0.2) is 0 Å². The lowest BCUT2D eigenvalue weighted by Crippen LogP contribution is -2.33. The van der Waals surface area contributed by atoms with Gasteiger partial charge in [0.1, 0.15) is 11.3 Å². The predicted molar refractivity (Wildman–Crippen MR) is 45.4 cm³/mol. The normalized spacial score (nSPS) is 9.67. The Morgan fingerprint density at radius 2 is 2.17 bits per heavy atom. The molecule has 2 N–H and O–H groups in total. The SMILES string of the molecule is COc1cc(C)cnc1B(O)O. The van der Waals surface area contributed by atoms with Crippen LogP contribution in [0.25, 0.3) is 0 Å². The third-order valence-corrected chi connectivity index (χ3v) is 1.48. The highest BCUT2D eigenvalue weighted by atomic mass is 16.5. The highest BCUT2D eigenvalue weighted by Crippen LogP contribution is 2.07. The third-order valence-electron chi connectivity index (χ3n) is 1.48. The number of methoxy groups -OCH3 is 1. The van der Waals surface area contributed by atoms with E-state index in [9.17, 15) is 0 Å². The van der Waals surface area contributed by atoms with E-state index in [0.29, 0.717) is 5.75 Å². The molecule has 0 saturated heterocycles. The highest BCUT2D eigenvalue weighted by Gasteiger charge is 2.18. The van der Waals surface area contributed by atoms with Crippen molar-refractivity contribution in [2.45, 2.75) is 6.92 Å². The second kappa shape index (κ2) is 3.56. The minimum atomic E-state index is -1.58. The molecule has 12 heavy (non-hydrogen) atoms. The van der Waals surface area contributed by atoms with Gasteiger partial charge in [0, 0.05) is 6.20 Å². The molecular formula is C7H10BNO3. The smallest absolute Gasteiger partial charge is 0.496 e. The molecule has 0 aliphatic carbocycles. The van der Waals surface area contributed by atoms with Crippen molar-refractivity contribution in [3.63, 3.8) is 0 Å². The highest BCUT2D eigenvalue weighted by molar-refractivity contribution is 6.58. The zero-order chi connectivity index (χ0) is 9.14. The first kappa shape index (κ1) is 9.03. The Hall–Kier alpha value is -1.07. The lowest BCUT2D eigenvalue weighted by Gasteiger charge is -2.06. The standard InChI is InChI=1S/C7H10BNO3/c1-5-3-6(12-2)7(8(10)11)9-4-5/h3-4,10-11H,1-2H3. The number of rotatable bonds is 2. The topological polar surface area (TPSA) is 62.6 Å². The van der Waals surface area contributed by atoms with Gasteiger partial charge in [-0.25, -0.2) is 0 Å². The van der Waals surface area contributed by atoms with Gasteiger partial charge in [-0.05, 0) is 18.6 Å². The van der Waals surface area contributed by atoms with Gasteiger partial charge in [-0.3, -0.25) is 4.98 Å². The average molecular weight is 167 g/mol. The van der Waals surface area contributed by atoms with Gasteiger partial charge in [0.2, 0.25) is 0 Å². The minimum absolute atomic E-state index is 0.142. The first-order chi connectivity index (χ1) is 5.65. The van der Waals surface area contributed by atoms with E-state index in [-0.39, 0.29) is 5.59 Å². The monoisotopic (exact) mass is 167 g/mol. The van der Waals surface area contributed by atoms with Crippen LogP contribution in [0.4, 0.5) is 0 Å². The van der Waals surface area contributed by atoms with Crippen molar-refractivity contribution in [1.82, 2.24) is 4.98 Å². The maximum absolute atomic E-state index is 8.84. The Balaban J connectivity index is 3.11. The maximum Gasteiger partial charge on any atom is 0.512 e. The van der Waals surface area contributed by atoms with Crippen LogP contribution in [-0.2, 0) is 0 Å². The van der Waals surface area contributed by atoms with Crippen LogP contribution in [0.5, 0.6) is 5.75 Å². The largest absolute Gasteiger partial charge is 0.512 e. The summed E-state index contributed by atoms with van der Waals surface area (Å²) < 4.78 is 4.90. The van der Waals surface area contributed by atoms with E-state index in [1.165, 1.54) is 7.11 Å². The van der Waals surface area contributed by atoms with E-state index < -0.39 is 7.12 Å². The molecule has 0 saturated carbocycles. The van der Waals surface area contributed by atoms with Crippen molar-refractivity contribution in [1.29, 1.82) is 0 Å². The molecule has 0 atom stereocenters. The first-order valence-corrected chi connectivity index (χ1v) is 3.52. The molecule has 0 amide bonds. The Morgan fingerprint density at radius 3 is 2.67 bits per heavy atom. The van der Waals surface area contributed by atoms with Crippen LogP contribution in [0.2, 0.25) is 0 Å². The molecule has 0 fully saturated rings. The molecule has 1 aromatic heterocycles. The van der Waals surface area contributed by atoms with Gasteiger partial charge in [0.25, 0.3) is 0 Å². The summed E-state index contributed by atoms with van der Waals surface area (Å²) in [5.74, 6) is 0.394. The van der Waals surface area contributed by atoms with Gasteiger partial charge in [0.05, 0.1) is 7.11 Å². The number of aromatic nitrogens is 1. The number of hydrogen-bond donors (Lipinski definition) is 2. The van der Waals surface area contributed by atoms with Gasteiger partial charge in [-0.15, -0.1) is 0 Å². The van der Waals surface area contributed by atoms with Crippen LogP contribution in [0.1, 0.15) is 5.56 Å². The number of ether oxygens (including phenoxy) is 1. The maximum atomic E-state index is 8.84. The summed E-state index contributed by atoms with van der Waals surface area (Å²) in [6, 6.07) is 1.70. The fourth-order valence-corrected chi connectivity index (χ4v) is 0.910.